The number of carboxylic acids is 1. The van der Waals surface area contributed by atoms with Gasteiger partial charge in [0.2, 0.25) is 0 Å². The number of aromatic nitrogens is 1. The Hall–Kier alpha value is -1.10. The van der Waals surface area contributed by atoms with Crippen LogP contribution in [0.25, 0.3) is 0 Å². The Bertz CT molecular complexity index is 430. The van der Waals surface area contributed by atoms with Crippen LogP contribution in [0.3, 0.4) is 0 Å². The molecule has 0 aromatic carbocycles. The van der Waals surface area contributed by atoms with Crippen molar-refractivity contribution in [2.45, 2.75) is 39.7 Å². The number of hydrogen-bond acceptors (Lipinski definition) is 4. The van der Waals surface area contributed by atoms with Gasteiger partial charge in [0.25, 0.3) is 0 Å². The summed E-state index contributed by atoms with van der Waals surface area (Å²) in [6.45, 7) is 6.25. The molecule has 4 nitrogen and oxygen atoms in total. The molecule has 1 heterocycles. The molecule has 0 radical (unpaired) electrons. The monoisotopic (exact) mass is 254 g/mol. The second kappa shape index (κ2) is 4.64. The number of anilines is 1. The molecule has 5 heteroatoms. The summed E-state index contributed by atoms with van der Waals surface area (Å²) in [6, 6.07) is 0.428. The average molecular weight is 254 g/mol. The molecule has 1 fully saturated rings. The summed E-state index contributed by atoms with van der Waals surface area (Å²) in [7, 11) is 0. The Balaban J connectivity index is 2.09. The minimum atomic E-state index is -0.888. The Morgan fingerprint density at radius 1 is 1.47 bits per heavy atom. The van der Waals surface area contributed by atoms with Gasteiger partial charge in [0, 0.05) is 6.04 Å². The van der Waals surface area contributed by atoms with E-state index in [1.54, 1.807) is 6.92 Å². The normalized spacial score (nSPS) is 28.3. The van der Waals surface area contributed by atoms with Crippen molar-refractivity contribution in [3.63, 3.8) is 0 Å². The van der Waals surface area contributed by atoms with Crippen molar-refractivity contribution in [1.29, 1.82) is 0 Å². The van der Waals surface area contributed by atoms with E-state index in [0.29, 0.717) is 22.5 Å². The zero-order valence-electron chi connectivity index (χ0n) is 10.4. The number of carboxylic acid groups (broad SMARTS) is 1. The number of rotatable bonds is 3. The lowest BCUT2D eigenvalue weighted by Crippen LogP contribution is -2.23. The fourth-order valence-electron chi connectivity index (χ4n) is 2.38. The smallest absolute Gasteiger partial charge is 0.347 e. The van der Waals surface area contributed by atoms with E-state index in [9.17, 15) is 4.79 Å². The van der Waals surface area contributed by atoms with Crippen LogP contribution in [0, 0.1) is 18.8 Å². The van der Waals surface area contributed by atoms with Crippen LogP contribution in [-0.2, 0) is 0 Å². The van der Waals surface area contributed by atoms with Gasteiger partial charge < -0.3 is 10.4 Å². The zero-order valence-corrected chi connectivity index (χ0v) is 11.2. The van der Waals surface area contributed by atoms with Gasteiger partial charge in [-0.2, -0.15) is 0 Å². The summed E-state index contributed by atoms with van der Waals surface area (Å²) in [5, 5.41) is 13.1. The number of aryl methyl sites for hydroxylation is 1. The second-order valence-electron chi connectivity index (χ2n) is 4.90. The number of aromatic carboxylic acids is 1. The van der Waals surface area contributed by atoms with E-state index in [1.807, 2.05) is 0 Å². The Kier molecular flexibility index (Phi) is 3.38. The molecule has 2 N–H and O–H groups in total. The minimum absolute atomic E-state index is 0.339. The van der Waals surface area contributed by atoms with E-state index >= 15 is 0 Å². The summed E-state index contributed by atoms with van der Waals surface area (Å²) in [6.07, 6.45) is 2.37. The van der Waals surface area contributed by atoms with Crippen molar-refractivity contribution in [3.8, 4) is 0 Å². The van der Waals surface area contributed by atoms with Crippen molar-refractivity contribution in [2.24, 2.45) is 11.8 Å². The Morgan fingerprint density at radius 3 is 2.65 bits per heavy atom. The average Bonchev–Trinajstić information content (AvgIpc) is 2.76. The van der Waals surface area contributed by atoms with Gasteiger partial charge in [0.05, 0.1) is 5.69 Å². The number of thiazole rings is 1. The first-order valence-corrected chi connectivity index (χ1v) is 6.78. The Labute approximate surface area is 105 Å². The zero-order chi connectivity index (χ0) is 12.6. The number of carbonyl (C=O) groups is 1. The third-order valence-corrected chi connectivity index (χ3v) is 4.84. The molecule has 0 saturated heterocycles. The molecule has 17 heavy (non-hydrogen) atoms. The molecule has 3 unspecified atom stereocenters. The molecule has 94 valence electrons. The van der Waals surface area contributed by atoms with Crippen LogP contribution in [0.5, 0.6) is 0 Å². The molecule has 0 bridgehead atoms. The summed E-state index contributed by atoms with van der Waals surface area (Å²) in [4.78, 5) is 15.6. The molecule has 1 aromatic heterocycles. The first-order valence-electron chi connectivity index (χ1n) is 5.96. The third kappa shape index (κ3) is 2.44. The molecule has 1 saturated carbocycles. The Morgan fingerprint density at radius 2 is 2.18 bits per heavy atom. The van der Waals surface area contributed by atoms with Gasteiger partial charge in [-0.3, -0.25) is 0 Å². The van der Waals surface area contributed by atoms with E-state index in [2.05, 4.69) is 24.1 Å². The number of hydrogen-bond donors (Lipinski definition) is 2. The van der Waals surface area contributed by atoms with Crippen molar-refractivity contribution in [1.82, 2.24) is 4.98 Å². The highest BCUT2D eigenvalue weighted by atomic mass is 32.1. The van der Waals surface area contributed by atoms with Gasteiger partial charge in [0.1, 0.15) is 4.88 Å². The highest BCUT2D eigenvalue weighted by Crippen LogP contribution is 2.34. The molecule has 1 aliphatic rings. The summed E-state index contributed by atoms with van der Waals surface area (Å²) in [5.41, 5.74) is 0.601. The molecular formula is C12H18N2O2S. The summed E-state index contributed by atoms with van der Waals surface area (Å²) < 4.78 is 0. The van der Waals surface area contributed by atoms with Crippen LogP contribution < -0.4 is 5.32 Å². The molecule has 3 atom stereocenters. The molecule has 0 spiro atoms. The maximum absolute atomic E-state index is 10.9. The lowest BCUT2D eigenvalue weighted by atomic mass is 9.98. The van der Waals surface area contributed by atoms with E-state index in [-0.39, 0.29) is 0 Å². The van der Waals surface area contributed by atoms with Crippen LogP contribution in [-0.4, -0.2) is 22.1 Å². The van der Waals surface area contributed by atoms with Crippen LogP contribution in [0.1, 0.15) is 42.1 Å². The first kappa shape index (κ1) is 12.4. The second-order valence-corrected chi connectivity index (χ2v) is 5.90. The topological polar surface area (TPSA) is 62.2 Å². The van der Waals surface area contributed by atoms with Gasteiger partial charge in [-0.15, -0.1) is 0 Å². The number of nitrogens with zero attached hydrogens (tertiary/aromatic N) is 1. The summed E-state index contributed by atoms with van der Waals surface area (Å²) in [5.74, 6) is 0.459. The molecule has 1 aromatic rings. The van der Waals surface area contributed by atoms with Crippen molar-refractivity contribution in [2.75, 3.05) is 5.32 Å². The molecule has 0 aliphatic heterocycles. The quantitative estimate of drug-likeness (QED) is 0.870. The van der Waals surface area contributed by atoms with Crippen LogP contribution in [0.4, 0.5) is 5.13 Å². The lowest BCUT2D eigenvalue weighted by molar-refractivity contribution is 0.0701. The predicted octanol–water partition coefficient (Wildman–Crippen LogP) is 3.00. The predicted molar refractivity (Wildman–Crippen MR) is 68.8 cm³/mol. The van der Waals surface area contributed by atoms with Gasteiger partial charge in [-0.05, 0) is 31.6 Å². The van der Waals surface area contributed by atoms with E-state index in [0.717, 1.165) is 17.5 Å². The van der Waals surface area contributed by atoms with Gasteiger partial charge >= 0.3 is 5.97 Å². The maximum atomic E-state index is 10.9. The van der Waals surface area contributed by atoms with Crippen LogP contribution in [0.15, 0.2) is 0 Å². The van der Waals surface area contributed by atoms with Gasteiger partial charge in [-0.25, -0.2) is 9.78 Å². The van der Waals surface area contributed by atoms with Crippen LogP contribution in [0.2, 0.25) is 0 Å². The molecular weight excluding hydrogens is 236 g/mol. The van der Waals surface area contributed by atoms with Crippen molar-refractivity contribution < 1.29 is 9.90 Å². The maximum Gasteiger partial charge on any atom is 0.347 e. The summed E-state index contributed by atoms with van der Waals surface area (Å²) >= 11 is 1.24. The van der Waals surface area contributed by atoms with Crippen molar-refractivity contribution in [3.05, 3.63) is 10.6 Å². The largest absolute Gasteiger partial charge is 0.477 e. The van der Waals surface area contributed by atoms with Gasteiger partial charge in [0.15, 0.2) is 5.13 Å². The first-order chi connectivity index (χ1) is 7.99. The third-order valence-electron chi connectivity index (χ3n) is 3.76. The highest BCUT2D eigenvalue weighted by Gasteiger charge is 2.30. The van der Waals surface area contributed by atoms with E-state index < -0.39 is 5.97 Å². The van der Waals surface area contributed by atoms with Gasteiger partial charge in [-0.1, -0.05) is 25.2 Å². The minimum Gasteiger partial charge on any atom is -0.477 e. The number of nitrogens with one attached hydrogen (secondary N) is 1. The molecule has 2 rings (SSSR count). The standard InChI is InChI=1S/C12H18N2O2S/c1-6-4-5-9(7(6)2)14-12-13-8(3)10(17-12)11(15)16/h6-7,9H,4-5H2,1-3H3,(H,13,14)(H,15,16). The molecule has 1 aliphatic carbocycles. The fourth-order valence-corrected chi connectivity index (χ4v) is 3.25. The lowest BCUT2D eigenvalue weighted by Gasteiger charge is -2.18. The fraction of sp³-hybridized carbons (Fsp3) is 0.667. The highest BCUT2D eigenvalue weighted by molar-refractivity contribution is 7.17. The SMILES string of the molecule is Cc1nc(NC2CCC(C)C2C)sc1C(=O)O. The van der Waals surface area contributed by atoms with Crippen molar-refractivity contribution >= 4 is 22.4 Å². The van der Waals surface area contributed by atoms with E-state index in [1.165, 1.54) is 17.8 Å². The van der Waals surface area contributed by atoms with E-state index in [4.69, 9.17) is 5.11 Å². The molecule has 0 amide bonds. The van der Waals surface area contributed by atoms with Crippen LogP contribution >= 0.6 is 11.3 Å².